The maximum atomic E-state index is 5.93. The van der Waals surface area contributed by atoms with Gasteiger partial charge in [-0.25, -0.2) is 4.98 Å². The van der Waals surface area contributed by atoms with Crippen LogP contribution >= 0.6 is 11.6 Å². The average Bonchev–Trinajstić information content (AvgIpc) is 2.71. The van der Waals surface area contributed by atoms with Crippen LogP contribution in [-0.4, -0.2) is 27.1 Å². The summed E-state index contributed by atoms with van der Waals surface area (Å²) in [6, 6.07) is 0.404. The number of halogens is 1. The lowest BCUT2D eigenvalue weighted by Gasteiger charge is -2.18. The smallest absolute Gasteiger partial charge is 0.243 e. The Morgan fingerprint density at radius 3 is 2.75 bits per heavy atom. The molecule has 1 aromatic rings. The molecule has 1 saturated carbocycles. The zero-order valence-corrected chi connectivity index (χ0v) is 10.5. The molecule has 16 heavy (non-hydrogen) atoms. The number of hydrogen-bond donors (Lipinski definition) is 1. The van der Waals surface area contributed by atoms with Crippen LogP contribution in [0.15, 0.2) is 0 Å². The number of anilines is 1. The van der Waals surface area contributed by atoms with Gasteiger partial charge in [-0.05, 0) is 32.6 Å². The molecule has 88 valence electrons. The van der Waals surface area contributed by atoms with Gasteiger partial charge in [0.25, 0.3) is 0 Å². The molecule has 2 rings (SSSR count). The third-order valence-corrected chi connectivity index (χ3v) is 3.66. The molecule has 4 nitrogen and oxygen atoms in total. The molecule has 1 heterocycles. The molecule has 0 amide bonds. The van der Waals surface area contributed by atoms with Gasteiger partial charge in [-0.2, -0.15) is 5.10 Å². The van der Waals surface area contributed by atoms with Crippen LogP contribution in [0.5, 0.6) is 0 Å². The molecule has 0 spiro atoms. The van der Waals surface area contributed by atoms with Crippen LogP contribution in [0.4, 0.5) is 5.95 Å². The van der Waals surface area contributed by atoms with E-state index in [4.69, 9.17) is 11.6 Å². The van der Waals surface area contributed by atoms with Crippen molar-refractivity contribution in [1.29, 1.82) is 0 Å². The van der Waals surface area contributed by atoms with E-state index in [-0.39, 0.29) is 0 Å². The maximum Gasteiger partial charge on any atom is 0.243 e. The monoisotopic (exact) mass is 240 g/mol. The van der Waals surface area contributed by atoms with Crippen LogP contribution in [0.1, 0.15) is 30.7 Å². The Hall–Kier alpha value is -0.900. The van der Waals surface area contributed by atoms with Crippen LogP contribution in [0.2, 0.25) is 0 Å². The molecule has 1 aliphatic rings. The van der Waals surface area contributed by atoms with Crippen molar-refractivity contribution in [3.05, 3.63) is 11.4 Å². The van der Waals surface area contributed by atoms with Crippen LogP contribution < -0.4 is 5.32 Å². The summed E-state index contributed by atoms with van der Waals surface area (Å²) in [5, 5.41) is 11.5. The number of aromatic nitrogens is 3. The molecule has 1 N–H and O–H groups in total. The molecular formula is C11H17ClN4. The highest BCUT2D eigenvalue weighted by molar-refractivity contribution is 6.18. The predicted octanol–water partition coefficient (Wildman–Crippen LogP) is 2.31. The van der Waals surface area contributed by atoms with Crippen molar-refractivity contribution in [1.82, 2.24) is 15.2 Å². The quantitative estimate of drug-likeness (QED) is 0.824. The van der Waals surface area contributed by atoms with Crippen molar-refractivity contribution in [2.24, 2.45) is 5.92 Å². The molecular weight excluding hydrogens is 224 g/mol. The molecule has 0 saturated heterocycles. The van der Waals surface area contributed by atoms with E-state index in [1.165, 1.54) is 12.8 Å². The second-order valence-corrected chi connectivity index (χ2v) is 4.71. The van der Waals surface area contributed by atoms with Gasteiger partial charge in [-0.1, -0.05) is 6.42 Å². The highest BCUT2D eigenvalue weighted by Crippen LogP contribution is 2.28. The Kier molecular flexibility index (Phi) is 3.59. The van der Waals surface area contributed by atoms with Crippen molar-refractivity contribution in [2.45, 2.75) is 39.2 Å². The van der Waals surface area contributed by atoms with Gasteiger partial charge in [0.1, 0.15) is 0 Å². The lowest BCUT2D eigenvalue weighted by Crippen LogP contribution is -2.26. The molecule has 1 fully saturated rings. The SMILES string of the molecule is Cc1nnc(NC2CCCC2CCl)nc1C. The van der Waals surface area contributed by atoms with Crippen molar-refractivity contribution in [2.75, 3.05) is 11.2 Å². The summed E-state index contributed by atoms with van der Waals surface area (Å²) < 4.78 is 0. The molecule has 2 atom stereocenters. The molecule has 1 aromatic heterocycles. The summed E-state index contributed by atoms with van der Waals surface area (Å²) in [6.45, 7) is 3.86. The minimum Gasteiger partial charge on any atom is -0.350 e. The van der Waals surface area contributed by atoms with E-state index in [0.717, 1.165) is 17.8 Å². The van der Waals surface area contributed by atoms with Gasteiger partial charge in [0, 0.05) is 11.9 Å². The summed E-state index contributed by atoms with van der Waals surface area (Å²) >= 11 is 5.93. The first-order valence-corrected chi connectivity index (χ1v) is 6.24. The summed E-state index contributed by atoms with van der Waals surface area (Å²) in [4.78, 5) is 4.38. The van der Waals surface area contributed by atoms with E-state index in [0.29, 0.717) is 23.8 Å². The zero-order valence-electron chi connectivity index (χ0n) is 9.70. The van der Waals surface area contributed by atoms with Gasteiger partial charge in [-0.15, -0.1) is 16.7 Å². The fourth-order valence-electron chi connectivity index (χ4n) is 2.10. The second kappa shape index (κ2) is 4.95. The summed E-state index contributed by atoms with van der Waals surface area (Å²) in [6.07, 6.45) is 3.57. The normalized spacial score (nSPS) is 24.7. The number of aryl methyl sites for hydroxylation is 2. The fourth-order valence-corrected chi connectivity index (χ4v) is 2.46. The Bertz CT molecular complexity index is 369. The highest BCUT2D eigenvalue weighted by Gasteiger charge is 2.27. The molecule has 1 aliphatic carbocycles. The lowest BCUT2D eigenvalue weighted by atomic mass is 10.1. The van der Waals surface area contributed by atoms with E-state index in [9.17, 15) is 0 Å². The predicted molar refractivity (Wildman–Crippen MR) is 64.8 cm³/mol. The Balaban J connectivity index is 2.05. The van der Waals surface area contributed by atoms with Gasteiger partial charge < -0.3 is 5.32 Å². The first-order chi connectivity index (χ1) is 7.70. The maximum absolute atomic E-state index is 5.93. The van der Waals surface area contributed by atoms with Gasteiger partial charge in [-0.3, -0.25) is 0 Å². The Morgan fingerprint density at radius 1 is 1.25 bits per heavy atom. The number of alkyl halides is 1. The minimum atomic E-state index is 0.404. The molecule has 0 aliphatic heterocycles. The van der Waals surface area contributed by atoms with Gasteiger partial charge in [0.2, 0.25) is 5.95 Å². The second-order valence-electron chi connectivity index (χ2n) is 4.40. The van der Waals surface area contributed by atoms with Crippen molar-refractivity contribution < 1.29 is 0 Å². The number of hydrogen-bond acceptors (Lipinski definition) is 4. The fraction of sp³-hybridized carbons (Fsp3) is 0.727. The number of rotatable bonds is 3. The Morgan fingerprint density at radius 2 is 2.06 bits per heavy atom. The summed E-state index contributed by atoms with van der Waals surface area (Å²) in [7, 11) is 0. The van der Waals surface area contributed by atoms with Crippen molar-refractivity contribution in [3.63, 3.8) is 0 Å². The van der Waals surface area contributed by atoms with E-state index >= 15 is 0 Å². The van der Waals surface area contributed by atoms with Crippen LogP contribution in [0.25, 0.3) is 0 Å². The van der Waals surface area contributed by atoms with E-state index < -0.39 is 0 Å². The molecule has 0 radical (unpaired) electrons. The first-order valence-electron chi connectivity index (χ1n) is 5.71. The topological polar surface area (TPSA) is 50.7 Å². The van der Waals surface area contributed by atoms with Crippen molar-refractivity contribution in [3.8, 4) is 0 Å². The number of nitrogens with zero attached hydrogens (tertiary/aromatic N) is 3. The number of nitrogens with one attached hydrogen (secondary N) is 1. The molecule has 0 bridgehead atoms. The van der Waals surface area contributed by atoms with Crippen molar-refractivity contribution >= 4 is 17.5 Å². The Labute approximate surface area is 101 Å². The first kappa shape index (κ1) is 11.6. The summed E-state index contributed by atoms with van der Waals surface area (Å²) in [5.74, 6) is 1.87. The highest BCUT2D eigenvalue weighted by atomic mass is 35.5. The molecule has 0 aromatic carbocycles. The van der Waals surface area contributed by atoms with Crippen LogP contribution in [0, 0.1) is 19.8 Å². The van der Waals surface area contributed by atoms with E-state index in [1.54, 1.807) is 0 Å². The zero-order chi connectivity index (χ0) is 11.5. The average molecular weight is 241 g/mol. The van der Waals surface area contributed by atoms with Gasteiger partial charge in [0.05, 0.1) is 11.4 Å². The largest absolute Gasteiger partial charge is 0.350 e. The molecule has 2 unspecified atom stereocenters. The minimum absolute atomic E-state index is 0.404. The third kappa shape index (κ3) is 2.43. The summed E-state index contributed by atoms with van der Waals surface area (Å²) in [5.41, 5.74) is 1.81. The molecule has 5 heteroatoms. The third-order valence-electron chi connectivity index (χ3n) is 3.26. The lowest BCUT2D eigenvalue weighted by molar-refractivity contribution is 0.557. The van der Waals surface area contributed by atoms with Gasteiger partial charge >= 0.3 is 0 Å². The van der Waals surface area contributed by atoms with E-state index in [1.807, 2.05) is 13.8 Å². The van der Waals surface area contributed by atoms with Crippen LogP contribution in [0.3, 0.4) is 0 Å². The standard InChI is InChI=1S/C11H17ClN4/c1-7-8(2)15-16-11(13-7)14-10-5-3-4-9(10)6-12/h9-10H,3-6H2,1-2H3,(H,13,14,16). The van der Waals surface area contributed by atoms with Crippen LogP contribution in [-0.2, 0) is 0 Å². The van der Waals surface area contributed by atoms with E-state index in [2.05, 4.69) is 20.5 Å². The van der Waals surface area contributed by atoms with Gasteiger partial charge in [0.15, 0.2) is 0 Å².